The minimum atomic E-state index is 0.454. The molecule has 2 N–H and O–H groups in total. The van der Waals surface area contributed by atoms with Crippen molar-refractivity contribution in [3.63, 3.8) is 0 Å². The molecule has 1 aromatic rings. The first-order valence-corrected chi connectivity index (χ1v) is 6.37. The quantitative estimate of drug-likeness (QED) is 0.799. The smallest absolute Gasteiger partial charge is 0.122 e. The summed E-state index contributed by atoms with van der Waals surface area (Å²) >= 11 is 0. The van der Waals surface area contributed by atoms with Crippen LogP contribution in [0.25, 0.3) is 0 Å². The van der Waals surface area contributed by atoms with Gasteiger partial charge in [0.25, 0.3) is 0 Å². The highest BCUT2D eigenvalue weighted by Gasteiger charge is 2.24. The topological polar surface area (TPSA) is 50.3 Å². The summed E-state index contributed by atoms with van der Waals surface area (Å²) in [6.45, 7) is 8.02. The number of aryl methyl sites for hydroxylation is 1. The Bertz CT molecular complexity index is 348. The molecule has 96 valence electrons. The Kier molecular flexibility index (Phi) is 4.15. The Labute approximate surface area is 103 Å². The van der Waals surface area contributed by atoms with Gasteiger partial charge in [0, 0.05) is 51.2 Å². The highest BCUT2D eigenvalue weighted by Crippen LogP contribution is 2.11. The van der Waals surface area contributed by atoms with Gasteiger partial charge in [0.15, 0.2) is 0 Å². The maximum atomic E-state index is 5.86. The SMILES string of the molecule is CCn1ccnc1CN1CCN(C)CC1CN. The lowest BCUT2D eigenvalue weighted by Crippen LogP contribution is -2.54. The van der Waals surface area contributed by atoms with E-state index in [9.17, 15) is 0 Å². The van der Waals surface area contributed by atoms with Crippen LogP contribution in [0.2, 0.25) is 0 Å². The van der Waals surface area contributed by atoms with E-state index in [1.54, 1.807) is 0 Å². The molecule has 1 aromatic heterocycles. The van der Waals surface area contributed by atoms with Gasteiger partial charge in [-0.05, 0) is 14.0 Å². The lowest BCUT2D eigenvalue weighted by Gasteiger charge is -2.39. The van der Waals surface area contributed by atoms with Crippen molar-refractivity contribution in [1.29, 1.82) is 0 Å². The number of hydrogen-bond acceptors (Lipinski definition) is 4. The van der Waals surface area contributed by atoms with Crippen molar-refractivity contribution in [1.82, 2.24) is 19.4 Å². The van der Waals surface area contributed by atoms with E-state index in [0.717, 1.165) is 45.1 Å². The summed E-state index contributed by atoms with van der Waals surface area (Å²) in [5.41, 5.74) is 5.86. The third kappa shape index (κ3) is 2.86. The van der Waals surface area contributed by atoms with Crippen LogP contribution in [0.4, 0.5) is 0 Å². The molecule has 0 amide bonds. The molecule has 2 heterocycles. The van der Waals surface area contributed by atoms with Crippen LogP contribution in [0.1, 0.15) is 12.7 Å². The zero-order valence-corrected chi connectivity index (χ0v) is 10.8. The van der Waals surface area contributed by atoms with Gasteiger partial charge in [0.2, 0.25) is 0 Å². The first-order valence-electron chi connectivity index (χ1n) is 6.37. The third-order valence-corrected chi connectivity index (χ3v) is 3.57. The lowest BCUT2D eigenvalue weighted by atomic mass is 10.1. The Balaban J connectivity index is 2.02. The number of rotatable bonds is 4. The highest BCUT2D eigenvalue weighted by molar-refractivity contribution is 4.94. The van der Waals surface area contributed by atoms with Crippen molar-refractivity contribution < 1.29 is 0 Å². The molecule has 0 aliphatic carbocycles. The number of nitrogens with two attached hydrogens (primary N) is 1. The Hall–Kier alpha value is -0.910. The molecule has 5 heteroatoms. The predicted octanol–water partition coefficient (Wildman–Crippen LogP) is -0.0223. The zero-order valence-electron chi connectivity index (χ0n) is 10.8. The first-order chi connectivity index (χ1) is 8.24. The van der Waals surface area contributed by atoms with E-state index in [4.69, 9.17) is 5.73 Å². The van der Waals surface area contributed by atoms with E-state index in [0.29, 0.717) is 6.04 Å². The van der Waals surface area contributed by atoms with Crippen LogP contribution >= 0.6 is 0 Å². The number of imidazole rings is 1. The average molecular weight is 237 g/mol. The minimum Gasteiger partial charge on any atom is -0.334 e. The molecule has 0 radical (unpaired) electrons. The molecule has 1 fully saturated rings. The van der Waals surface area contributed by atoms with Crippen molar-refractivity contribution in [3.8, 4) is 0 Å². The van der Waals surface area contributed by atoms with Crippen LogP contribution in [0.3, 0.4) is 0 Å². The molecule has 0 bridgehead atoms. The molecule has 0 aromatic carbocycles. The van der Waals surface area contributed by atoms with Gasteiger partial charge in [-0.25, -0.2) is 4.98 Å². The average Bonchev–Trinajstić information content (AvgIpc) is 2.78. The van der Waals surface area contributed by atoms with E-state index in [1.807, 2.05) is 12.4 Å². The summed E-state index contributed by atoms with van der Waals surface area (Å²) in [4.78, 5) is 9.24. The number of piperazine rings is 1. The number of likely N-dealkylation sites (N-methyl/N-ethyl adjacent to an activating group) is 1. The van der Waals surface area contributed by atoms with Crippen molar-refractivity contribution >= 4 is 0 Å². The van der Waals surface area contributed by atoms with Gasteiger partial charge < -0.3 is 15.2 Å². The van der Waals surface area contributed by atoms with E-state index in [1.165, 1.54) is 0 Å². The van der Waals surface area contributed by atoms with Crippen LogP contribution in [-0.2, 0) is 13.1 Å². The standard InChI is InChI=1S/C12H23N5/c1-3-16-5-4-14-12(16)10-17-7-6-15(2)9-11(17)8-13/h4-5,11H,3,6-10,13H2,1-2H3. The van der Waals surface area contributed by atoms with Crippen LogP contribution in [-0.4, -0.2) is 58.6 Å². The Morgan fingerprint density at radius 3 is 3.00 bits per heavy atom. The molecule has 17 heavy (non-hydrogen) atoms. The fourth-order valence-electron chi connectivity index (χ4n) is 2.44. The van der Waals surface area contributed by atoms with Gasteiger partial charge in [0.1, 0.15) is 5.82 Å². The zero-order chi connectivity index (χ0) is 12.3. The van der Waals surface area contributed by atoms with Crippen LogP contribution in [0.15, 0.2) is 12.4 Å². The molecule has 1 unspecified atom stereocenters. The normalized spacial score (nSPS) is 23.1. The van der Waals surface area contributed by atoms with Crippen LogP contribution in [0.5, 0.6) is 0 Å². The highest BCUT2D eigenvalue weighted by atomic mass is 15.3. The second-order valence-electron chi connectivity index (χ2n) is 4.75. The van der Waals surface area contributed by atoms with Crippen LogP contribution < -0.4 is 5.73 Å². The predicted molar refractivity (Wildman–Crippen MR) is 68.7 cm³/mol. The number of aromatic nitrogens is 2. The number of nitrogens with zero attached hydrogens (tertiary/aromatic N) is 4. The van der Waals surface area contributed by atoms with Gasteiger partial charge in [-0.15, -0.1) is 0 Å². The van der Waals surface area contributed by atoms with Crippen molar-refractivity contribution in [2.24, 2.45) is 5.73 Å². The van der Waals surface area contributed by atoms with Crippen LogP contribution in [0, 0.1) is 0 Å². The summed E-state index contributed by atoms with van der Waals surface area (Å²) in [7, 11) is 2.16. The van der Waals surface area contributed by atoms with E-state index in [2.05, 4.69) is 33.3 Å². The molecule has 1 atom stereocenters. The molecule has 0 spiro atoms. The third-order valence-electron chi connectivity index (χ3n) is 3.57. The molecule has 5 nitrogen and oxygen atoms in total. The van der Waals surface area contributed by atoms with Gasteiger partial charge in [-0.3, -0.25) is 4.90 Å². The fraction of sp³-hybridized carbons (Fsp3) is 0.750. The monoisotopic (exact) mass is 237 g/mol. The van der Waals surface area contributed by atoms with Gasteiger partial charge in [-0.1, -0.05) is 0 Å². The maximum Gasteiger partial charge on any atom is 0.122 e. The molecular weight excluding hydrogens is 214 g/mol. The molecule has 1 saturated heterocycles. The Morgan fingerprint density at radius 1 is 1.47 bits per heavy atom. The molecule has 0 saturated carbocycles. The van der Waals surface area contributed by atoms with Gasteiger partial charge in [-0.2, -0.15) is 0 Å². The molecule has 1 aliphatic rings. The summed E-state index contributed by atoms with van der Waals surface area (Å²) in [5, 5.41) is 0. The van der Waals surface area contributed by atoms with E-state index >= 15 is 0 Å². The largest absolute Gasteiger partial charge is 0.334 e. The number of hydrogen-bond donors (Lipinski definition) is 1. The van der Waals surface area contributed by atoms with Crippen molar-refractivity contribution in [2.45, 2.75) is 26.1 Å². The maximum absolute atomic E-state index is 5.86. The van der Waals surface area contributed by atoms with Gasteiger partial charge in [0.05, 0.1) is 6.54 Å². The molecule has 1 aliphatic heterocycles. The summed E-state index contributed by atoms with van der Waals surface area (Å²) in [6.07, 6.45) is 3.93. The second-order valence-corrected chi connectivity index (χ2v) is 4.75. The second kappa shape index (κ2) is 5.62. The summed E-state index contributed by atoms with van der Waals surface area (Å²) < 4.78 is 2.20. The first kappa shape index (κ1) is 12.5. The Morgan fingerprint density at radius 2 is 2.29 bits per heavy atom. The van der Waals surface area contributed by atoms with E-state index < -0.39 is 0 Å². The molecule has 2 rings (SSSR count). The van der Waals surface area contributed by atoms with E-state index in [-0.39, 0.29) is 0 Å². The van der Waals surface area contributed by atoms with Crippen molar-refractivity contribution in [3.05, 3.63) is 18.2 Å². The fourth-order valence-corrected chi connectivity index (χ4v) is 2.44. The molecular formula is C12H23N5. The van der Waals surface area contributed by atoms with Gasteiger partial charge >= 0.3 is 0 Å². The minimum absolute atomic E-state index is 0.454. The van der Waals surface area contributed by atoms with Crippen molar-refractivity contribution in [2.75, 3.05) is 33.2 Å². The lowest BCUT2D eigenvalue weighted by molar-refractivity contribution is 0.0848. The summed E-state index contributed by atoms with van der Waals surface area (Å²) in [5.74, 6) is 1.15. The summed E-state index contributed by atoms with van der Waals surface area (Å²) in [6, 6.07) is 0.454.